The summed E-state index contributed by atoms with van der Waals surface area (Å²) in [5.74, 6) is -0.714. The lowest BCUT2D eigenvalue weighted by Gasteiger charge is -2.08. The number of carbonyl (C=O) groups is 2. The number of hydrogen-bond donors (Lipinski definition) is 3. The van der Waals surface area contributed by atoms with Gasteiger partial charge in [-0.15, -0.1) is 11.3 Å². The summed E-state index contributed by atoms with van der Waals surface area (Å²) in [6.45, 7) is 2.76. The zero-order valence-corrected chi connectivity index (χ0v) is 15.2. The summed E-state index contributed by atoms with van der Waals surface area (Å²) >= 11 is 13.2. The molecule has 2 amide bonds. The molecule has 24 heavy (non-hydrogen) atoms. The van der Waals surface area contributed by atoms with Crippen molar-refractivity contribution in [3.05, 3.63) is 44.9 Å². The number of anilines is 1. The molecule has 0 bridgehead atoms. The standard InChI is InChI=1S/C15H16Cl2N4O2S/c1-9-8-24-15(21-9)19-5-4-18-13(22)7-20-14(23)11-3-2-10(16)6-12(11)17/h2-3,6,8H,4-5,7H2,1H3,(H,18,22)(H,19,21)(H,20,23). The molecule has 2 aromatic rings. The minimum Gasteiger partial charge on any atom is -0.360 e. The lowest BCUT2D eigenvalue weighted by Crippen LogP contribution is -2.38. The van der Waals surface area contributed by atoms with E-state index < -0.39 is 5.91 Å². The Hall–Kier alpha value is -1.83. The zero-order chi connectivity index (χ0) is 17.5. The van der Waals surface area contributed by atoms with Crippen molar-refractivity contribution < 1.29 is 9.59 Å². The van der Waals surface area contributed by atoms with Crippen LogP contribution in [-0.2, 0) is 4.79 Å². The minimum atomic E-state index is -0.428. The van der Waals surface area contributed by atoms with E-state index in [-0.39, 0.29) is 23.0 Å². The number of aryl methyl sites for hydroxylation is 1. The minimum absolute atomic E-state index is 0.131. The number of hydrogen-bond acceptors (Lipinski definition) is 5. The van der Waals surface area contributed by atoms with E-state index in [0.717, 1.165) is 10.8 Å². The molecule has 0 spiro atoms. The van der Waals surface area contributed by atoms with E-state index in [1.165, 1.54) is 23.5 Å². The molecule has 1 aromatic heterocycles. The Bertz CT molecular complexity index is 736. The molecule has 0 saturated heterocycles. The van der Waals surface area contributed by atoms with Gasteiger partial charge < -0.3 is 16.0 Å². The Morgan fingerprint density at radius 1 is 1.21 bits per heavy atom. The molecule has 2 rings (SSSR count). The molecule has 1 heterocycles. The van der Waals surface area contributed by atoms with Gasteiger partial charge in [0.2, 0.25) is 5.91 Å². The van der Waals surface area contributed by atoms with Gasteiger partial charge in [-0.1, -0.05) is 23.2 Å². The summed E-state index contributed by atoms with van der Waals surface area (Å²) < 4.78 is 0. The van der Waals surface area contributed by atoms with Crippen LogP contribution >= 0.6 is 34.5 Å². The normalized spacial score (nSPS) is 10.3. The number of nitrogens with zero attached hydrogens (tertiary/aromatic N) is 1. The van der Waals surface area contributed by atoms with Gasteiger partial charge in [-0.3, -0.25) is 9.59 Å². The van der Waals surface area contributed by atoms with Crippen LogP contribution in [0.15, 0.2) is 23.6 Å². The highest BCUT2D eigenvalue weighted by molar-refractivity contribution is 7.13. The molecule has 1 aromatic carbocycles. The molecule has 6 nitrogen and oxygen atoms in total. The van der Waals surface area contributed by atoms with Crippen molar-refractivity contribution in [2.45, 2.75) is 6.92 Å². The maximum absolute atomic E-state index is 12.0. The zero-order valence-electron chi connectivity index (χ0n) is 12.9. The molecule has 0 radical (unpaired) electrons. The number of amides is 2. The monoisotopic (exact) mass is 386 g/mol. The van der Waals surface area contributed by atoms with Gasteiger partial charge in [-0.2, -0.15) is 0 Å². The van der Waals surface area contributed by atoms with Gasteiger partial charge in [0.1, 0.15) is 0 Å². The second-order valence-corrected chi connectivity index (χ2v) is 6.58. The number of nitrogens with one attached hydrogen (secondary N) is 3. The highest BCUT2D eigenvalue weighted by Crippen LogP contribution is 2.20. The third-order valence-electron chi connectivity index (χ3n) is 2.93. The van der Waals surface area contributed by atoms with Gasteiger partial charge >= 0.3 is 0 Å². The number of carbonyl (C=O) groups excluding carboxylic acids is 2. The number of benzene rings is 1. The van der Waals surface area contributed by atoms with Crippen LogP contribution in [0.25, 0.3) is 0 Å². The van der Waals surface area contributed by atoms with Gasteiger partial charge in [0.15, 0.2) is 5.13 Å². The second kappa shape index (κ2) is 8.86. The van der Waals surface area contributed by atoms with Crippen molar-refractivity contribution in [2.24, 2.45) is 0 Å². The van der Waals surface area contributed by atoms with Gasteiger partial charge in [0.05, 0.1) is 22.8 Å². The lowest BCUT2D eigenvalue weighted by atomic mass is 10.2. The summed E-state index contributed by atoms with van der Waals surface area (Å²) in [6, 6.07) is 4.55. The molecule has 0 aliphatic carbocycles. The van der Waals surface area contributed by atoms with E-state index in [2.05, 4.69) is 20.9 Å². The van der Waals surface area contributed by atoms with Crippen molar-refractivity contribution in [1.29, 1.82) is 0 Å². The van der Waals surface area contributed by atoms with Gasteiger partial charge in [-0.05, 0) is 25.1 Å². The SMILES string of the molecule is Cc1csc(NCCNC(=O)CNC(=O)c2ccc(Cl)cc2Cl)n1. The predicted octanol–water partition coefficient (Wildman–Crippen LogP) is 2.72. The van der Waals surface area contributed by atoms with Crippen molar-refractivity contribution in [3.63, 3.8) is 0 Å². The Morgan fingerprint density at radius 2 is 2.00 bits per heavy atom. The van der Waals surface area contributed by atoms with E-state index in [0.29, 0.717) is 18.1 Å². The third kappa shape index (κ3) is 5.67. The largest absolute Gasteiger partial charge is 0.360 e. The van der Waals surface area contributed by atoms with Crippen LogP contribution in [0.5, 0.6) is 0 Å². The first-order chi connectivity index (χ1) is 11.5. The summed E-state index contributed by atoms with van der Waals surface area (Å²) in [7, 11) is 0. The van der Waals surface area contributed by atoms with Crippen LogP contribution in [0, 0.1) is 6.92 Å². The topological polar surface area (TPSA) is 83.1 Å². The van der Waals surface area contributed by atoms with E-state index in [9.17, 15) is 9.59 Å². The van der Waals surface area contributed by atoms with E-state index in [4.69, 9.17) is 23.2 Å². The number of halogens is 2. The van der Waals surface area contributed by atoms with E-state index in [1.807, 2.05) is 12.3 Å². The van der Waals surface area contributed by atoms with Gasteiger partial charge in [-0.25, -0.2) is 4.98 Å². The molecule has 0 unspecified atom stereocenters. The quantitative estimate of drug-likeness (QED) is 0.638. The van der Waals surface area contributed by atoms with Crippen LogP contribution in [0.1, 0.15) is 16.1 Å². The van der Waals surface area contributed by atoms with Crippen molar-refractivity contribution in [2.75, 3.05) is 25.0 Å². The fourth-order valence-corrected chi connectivity index (χ4v) is 3.01. The van der Waals surface area contributed by atoms with Crippen LogP contribution in [-0.4, -0.2) is 36.4 Å². The van der Waals surface area contributed by atoms with Crippen molar-refractivity contribution >= 4 is 51.5 Å². The Kier molecular flexibility index (Phi) is 6.84. The maximum atomic E-state index is 12.0. The summed E-state index contributed by atoms with van der Waals surface area (Å²) in [6.07, 6.45) is 0. The second-order valence-electron chi connectivity index (χ2n) is 4.88. The molecule has 9 heteroatoms. The molecular weight excluding hydrogens is 371 g/mol. The van der Waals surface area contributed by atoms with E-state index in [1.54, 1.807) is 6.07 Å². The van der Waals surface area contributed by atoms with Crippen molar-refractivity contribution in [1.82, 2.24) is 15.6 Å². The fraction of sp³-hybridized carbons (Fsp3) is 0.267. The fourth-order valence-electron chi connectivity index (χ4n) is 1.80. The summed E-state index contributed by atoms with van der Waals surface area (Å²) in [5.41, 5.74) is 1.23. The van der Waals surface area contributed by atoms with Gasteiger partial charge in [0.25, 0.3) is 5.91 Å². The number of thiazole rings is 1. The van der Waals surface area contributed by atoms with Crippen LogP contribution in [0.3, 0.4) is 0 Å². The molecule has 128 valence electrons. The molecule has 0 saturated carbocycles. The highest BCUT2D eigenvalue weighted by atomic mass is 35.5. The van der Waals surface area contributed by atoms with Crippen LogP contribution < -0.4 is 16.0 Å². The average molecular weight is 387 g/mol. The summed E-state index contributed by atoms with van der Waals surface area (Å²) in [4.78, 5) is 27.9. The molecule has 0 atom stereocenters. The van der Waals surface area contributed by atoms with Gasteiger partial charge in [0, 0.05) is 23.5 Å². The predicted molar refractivity (Wildman–Crippen MR) is 97.1 cm³/mol. The van der Waals surface area contributed by atoms with Crippen molar-refractivity contribution in [3.8, 4) is 0 Å². The first-order valence-corrected chi connectivity index (χ1v) is 8.75. The molecule has 0 aliphatic rings. The first-order valence-electron chi connectivity index (χ1n) is 7.11. The number of aromatic nitrogens is 1. The highest BCUT2D eigenvalue weighted by Gasteiger charge is 2.11. The Balaban J connectivity index is 1.68. The Morgan fingerprint density at radius 3 is 2.67 bits per heavy atom. The molecular formula is C15H16Cl2N4O2S. The lowest BCUT2D eigenvalue weighted by molar-refractivity contribution is -0.120. The first kappa shape index (κ1) is 18.5. The maximum Gasteiger partial charge on any atom is 0.253 e. The number of rotatable bonds is 7. The average Bonchev–Trinajstić information content (AvgIpc) is 2.94. The third-order valence-corrected chi connectivity index (χ3v) is 4.39. The molecule has 0 aliphatic heterocycles. The molecule has 3 N–H and O–H groups in total. The summed E-state index contributed by atoms with van der Waals surface area (Å²) in [5, 5.41) is 11.7. The van der Waals surface area contributed by atoms with E-state index >= 15 is 0 Å². The van der Waals surface area contributed by atoms with Crippen LogP contribution in [0.4, 0.5) is 5.13 Å². The Labute approximate surface area is 153 Å². The smallest absolute Gasteiger partial charge is 0.253 e. The molecule has 0 fully saturated rings. The van der Waals surface area contributed by atoms with Crippen LogP contribution in [0.2, 0.25) is 10.0 Å².